The van der Waals surface area contributed by atoms with Crippen LogP contribution in [0.25, 0.3) is 0 Å². The van der Waals surface area contributed by atoms with Crippen LogP contribution in [0.3, 0.4) is 0 Å². The second kappa shape index (κ2) is 6.76. The van der Waals surface area contributed by atoms with Gasteiger partial charge in [0.15, 0.2) is 0 Å². The molecule has 0 spiro atoms. The molecule has 2 heterocycles. The number of nitrogens with zero attached hydrogens (tertiary/aromatic N) is 4. The number of hydrogen-bond acceptors (Lipinski definition) is 4. The maximum absolute atomic E-state index is 13.2. The van der Waals surface area contributed by atoms with Crippen LogP contribution in [0.5, 0.6) is 0 Å². The van der Waals surface area contributed by atoms with Crippen molar-refractivity contribution in [1.29, 1.82) is 0 Å². The SMILES string of the molecule is O=S(=O)(Cc1cccc(F)c1)N1CCCC(Cn2cncn2)C1. The van der Waals surface area contributed by atoms with Crippen molar-refractivity contribution < 1.29 is 12.8 Å². The minimum absolute atomic E-state index is 0.166. The van der Waals surface area contributed by atoms with Gasteiger partial charge < -0.3 is 0 Å². The van der Waals surface area contributed by atoms with Crippen LogP contribution in [-0.2, 0) is 22.3 Å². The Balaban J connectivity index is 1.67. The van der Waals surface area contributed by atoms with Crippen LogP contribution < -0.4 is 0 Å². The van der Waals surface area contributed by atoms with E-state index in [0.29, 0.717) is 25.2 Å². The first kappa shape index (κ1) is 16.1. The van der Waals surface area contributed by atoms with Crippen molar-refractivity contribution in [3.8, 4) is 0 Å². The molecule has 23 heavy (non-hydrogen) atoms. The third-order valence-corrected chi connectivity index (χ3v) is 5.84. The Bertz CT molecular complexity index is 749. The van der Waals surface area contributed by atoms with Crippen LogP contribution in [0.15, 0.2) is 36.9 Å². The minimum Gasteiger partial charge on any atom is -0.253 e. The second-order valence-corrected chi connectivity index (χ2v) is 7.84. The van der Waals surface area contributed by atoms with Gasteiger partial charge in [0.25, 0.3) is 0 Å². The summed E-state index contributed by atoms with van der Waals surface area (Å²) < 4.78 is 41.6. The summed E-state index contributed by atoms with van der Waals surface area (Å²) in [5, 5.41) is 4.07. The summed E-state index contributed by atoms with van der Waals surface area (Å²) in [7, 11) is -3.44. The van der Waals surface area contributed by atoms with Crippen molar-refractivity contribution >= 4 is 10.0 Å². The number of halogens is 1. The topological polar surface area (TPSA) is 68.1 Å². The molecule has 2 aromatic rings. The van der Waals surface area contributed by atoms with E-state index in [0.717, 1.165) is 12.8 Å². The average molecular weight is 338 g/mol. The molecule has 8 heteroatoms. The standard InChI is InChI=1S/C15H19FN4O2S/c16-15-5-1-3-13(7-15)10-23(21,22)20-6-2-4-14(9-20)8-19-12-17-11-18-19/h1,3,5,7,11-12,14H,2,4,6,8-10H2. The van der Waals surface area contributed by atoms with E-state index in [2.05, 4.69) is 10.1 Å². The van der Waals surface area contributed by atoms with E-state index in [9.17, 15) is 12.8 Å². The maximum Gasteiger partial charge on any atom is 0.218 e. The molecule has 1 aliphatic rings. The summed E-state index contributed by atoms with van der Waals surface area (Å²) >= 11 is 0. The molecule has 1 unspecified atom stereocenters. The number of aromatic nitrogens is 3. The van der Waals surface area contributed by atoms with Gasteiger partial charge in [-0.1, -0.05) is 12.1 Å². The first-order chi connectivity index (χ1) is 11.0. The van der Waals surface area contributed by atoms with Crippen molar-refractivity contribution in [3.05, 3.63) is 48.3 Å². The molecule has 1 aromatic heterocycles. The number of rotatable bonds is 5. The number of benzene rings is 1. The smallest absolute Gasteiger partial charge is 0.218 e. The van der Waals surface area contributed by atoms with Crippen LogP contribution in [0.2, 0.25) is 0 Å². The van der Waals surface area contributed by atoms with Crippen LogP contribution >= 0.6 is 0 Å². The predicted octanol–water partition coefficient (Wildman–Crippen LogP) is 1.66. The van der Waals surface area contributed by atoms with E-state index in [4.69, 9.17) is 0 Å². The Morgan fingerprint density at radius 3 is 2.96 bits per heavy atom. The van der Waals surface area contributed by atoms with Crippen LogP contribution in [0.4, 0.5) is 4.39 Å². The molecule has 3 rings (SSSR count). The van der Waals surface area contributed by atoms with E-state index < -0.39 is 15.8 Å². The van der Waals surface area contributed by atoms with Gasteiger partial charge in [0, 0.05) is 19.6 Å². The monoisotopic (exact) mass is 338 g/mol. The van der Waals surface area contributed by atoms with Gasteiger partial charge in [0.1, 0.15) is 18.5 Å². The van der Waals surface area contributed by atoms with Gasteiger partial charge >= 0.3 is 0 Å². The molecule has 1 fully saturated rings. The Morgan fingerprint density at radius 1 is 1.35 bits per heavy atom. The second-order valence-electron chi connectivity index (χ2n) is 5.87. The van der Waals surface area contributed by atoms with Crippen LogP contribution in [0.1, 0.15) is 18.4 Å². The first-order valence-electron chi connectivity index (χ1n) is 7.57. The first-order valence-corrected chi connectivity index (χ1v) is 9.18. The molecule has 1 aromatic carbocycles. The van der Waals surface area contributed by atoms with E-state index >= 15 is 0 Å². The van der Waals surface area contributed by atoms with Gasteiger partial charge in [-0.05, 0) is 36.5 Å². The lowest BCUT2D eigenvalue weighted by Crippen LogP contribution is -2.41. The summed E-state index contributed by atoms with van der Waals surface area (Å²) in [6.07, 6.45) is 4.90. The fraction of sp³-hybridized carbons (Fsp3) is 0.467. The van der Waals surface area contributed by atoms with Gasteiger partial charge in [-0.2, -0.15) is 5.10 Å². The summed E-state index contributed by atoms with van der Waals surface area (Å²) in [4.78, 5) is 3.90. The van der Waals surface area contributed by atoms with Gasteiger partial charge in [0.2, 0.25) is 10.0 Å². The molecule has 0 saturated carbocycles. The number of piperidine rings is 1. The van der Waals surface area contributed by atoms with Crippen molar-refractivity contribution in [2.45, 2.75) is 25.1 Å². The largest absolute Gasteiger partial charge is 0.253 e. The average Bonchev–Trinajstić information content (AvgIpc) is 3.00. The molecule has 0 radical (unpaired) electrons. The zero-order valence-electron chi connectivity index (χ0n) is 12.7. The molecule has 1 aliphatic heterocycles. The highest BCUT2D eigenvalue weighted by Crippen LogP contribution is 2.22. The Kier molecular flexibility index (Phi) is 4.72. The highest BCUT2D eigenvalue weighted by atomic mass is 32.2. The third kappa shape index (κ3) is 4.14. The summed E-state index contributed by atoms with van der Waals surface area (Å²) in [6.45, 7) is 1.65. The fourth-order valence-electron chi connectivity index (χ4n) is 2.95. The van der Waals surface area contributed by atoms with E-state index in [-0.39, 0.29) is 11.7 Å². The zero-order chi connectivity index (χ0) is 16.3. The zero-order valence-corrected chi connectivity index (χ0v) is 13.5. The van der Waals surface area contributed by atoms with Crippen LogP contribution in [-0.4, -0.2) is 40.6 Å². The van der Waals surface area contributed by atoms with Crippen LogP contribution in [0, 0.1) is 11.7 Å². The Labute approximate surface area is 135 Å². The molecule has 124 valence electrons. The number of sulfonamides is 1. The molecule has 0 amide bonds. The quantitative estimate of drug-likeness (QED) is 0.831. The maximum atomic E-state index is 13.2. The van der Waals surface area contributed by atoms with E-state index in [1.165, 1.54) is 28.8 Å². The van der Waals surface area contributed by atoms with E-state index in [1.54, 1.807) is 17.1 Å². The molecule has 6 nitrogen and oxygen atoms in total. The van der Waals surface area contributed by atoms with Gasteiger partial charge in [0.05, 0.1) is 5.75 Å². The minimum atomic E-state index is -3.44. The summed E-state index contributed by atoms with van der Waals surface area (Å²) in [5.41, 5.74) is 0.475. The van der Waals surface area contributed by atoms with Gasteiger partial charge in [-0.15, -0.1) is 0 Å². The molecule has 1 saturated heterocycles. The fourth-order valence-corrected chi connectivity index (χ4v) is 4.58. The highest BCUT2D eigenvalue weighted by Gasteiger charge is 2.29. The molecule has 1 atom stereocenters. The lowest BCUT2D eigenvalue weighted by Gasteiger charge is -2.31. The van der Waals surface area contributed by atoms with Gasteiger partial charge in [-0.25, -0.2) is 22.1 Å². The summed E-state index contributed by atoms with van der Waals surface area (Å²) in [5.74, 6) is -0.367. The Hall–Kier alpha value is -1.80. The molecular weight excluding hydrogens is 319 g/mol. The third-order valence-electron chi connectivity index (χ3n) is 4.03. The number of hydrogen-bond donors (Lipinski definition) is 0. The molecular formula is C15H19FN4O2S. The lowest BCUT2D eigenvalue weighted by atomic mass is 10.00. The molecule has 0 aliphatic carbocycles. The van der Waals surface area contributed by atoms with Crippen molar-refractivity contribution in [1.82, 2.24) is 19.1 Å². The van der Waals surface area contributed by atoms with Gasteiger partial charge in [-0.3, -0.25) is 4.68 Å². The van der Waals surface area contributed by atoms with Crippen molar-refractivity contribution in [2.75, 3.05) is 13.1 Å². The predicted molar refractivity (Wildman–Crippen MR) is 83.3 cm³/mol. The summed E-state index contributed by atoms with van der Waals surface area (Å²) in [6, 6.07) is 5.75. The normalized spacial score (nSPS) is 19.8. The Morgan fingerprint density at radius 2 is 2.22 bits per heavy atom. The molecule has 0 bridgehead atoms. The highest BCUT2D eigenvalue weighted by molar-refractivity contribution is 7.88. The molecule has 0 N–H and O–H groups in total. The van der Waals surface area contributed by atoms with Crippen molar-refractivity contribution in [2.24, 2.45) is 5.92 Å². The van der Waals surface area contributed by atoms with Crippen molar-refractivity contribution in [3.63, 3.8) is 0 Å². The van der Waals surface area contributed by atoms with E-state index in [1.807, 2.05) is 0 Å². The lowest BCUT2D eigenvalue weighted by molar-refractivity contribution is 0.239.